The molecule has 1 aliphatic rings. The summed E-state index contributed by atoms with van der Waals surface area (Å²) in [5.41, 5.74) is 1.25. The third kappa shape index (κ3) is 2.28. The van der Waals surface area contributed by atoms with Gasteiger partial charge in [-0.3, -0.25) is 9.59 Å². The largest absolute Gasteiger partial charge is 0.283 e. The maximum Gasteiger partial charge on any atom is 0.283 e. The zero-order valence-electron chi connectivity index (χ0n) is 10.7. The van der Waals surface area contributed by atoms with E-state index < -0.39 is 3.23 Å². The summed E-state index contributed by atoms with van der Waals surface area (Å²) < 4.78 is -1.44. The highest BCUT2D eigenvalue weighted by molar-refractivity contribution is 9.26. The lowest BCUT2D eigenvalue weighted by Crippen LogP contribution is -2.41. The minimum Gasteiger partial charge on any atom is -0.269 e. The molecule has 2 aromatic carbocycles. The molecule has 6 heteroatoms. The fourth-order valence-electron chi connectivity index (χ4n) is 2.14. The molecule has 0 spiro atoms. The van der Waals surface area contributed by atoms with Gasteiger partial charge in [-0.15, -0.1) is 0 Å². The first-order valence-corrected chi connectivity index (χ1v) is 7.79. The third-order valence-corrected chi connectivity index (χ3v) is 4.48. The van der Waals surface area contributed by atoms with Crippen molar-refractivity contribution in [3.05, 3.63) is 60.7 Å². The number of amides is 2. The van der Waals surface area contributed by atoms with E-state index in [1.807, 2.05) is 36.4 Å². The standard InChI is InChI=1S/C15H10Br2N2O2/c16-15(17)13(20)18(11-7-3-1-4-8-11)19(14(15)21)12-9-5-2-6-10-12/h1-10H. The van der Waals surface area contributed by atoms with Crippen LogP contribution in [0.15, 0.2) is 60.7 Å². The SMILES string of the molecule is O=C1N(c2ccccc2)N(c2ccccc2)C(=O)C1(Br)Br. The number of benzene rings is 2. The Hall–Kier alpha value is -1.66. The smallest absolute Gasteiger partial charge is 0.269 e. The summed E-state index contributed by atoms with van der Waals surface area (Å²) in [6.45, 7) is 0. The predicted octanol–water partition coefficient (Wildman–Crippen LogP) is 3.47. The van der Waals surface area contributed by atoms with Crippen molar-refractivity contribution in [3.8, 4) is 0 Å². The molecule has 21 heavy (non-hydrogen) atoms. The Labute approximate surface area is 138 Å². The molecular weight excluding hydrogens is 400 g/mol. The summed E-state index contributed by atoms with van der Waals surface area (Å²) >= 11 is 6.37. The molecular formula is C15H10Br2N2O2. The quantitative estimate of drug-likeness (QED) is 0.562. The monoisotopic (exact) mass is 408 g/mol. The summed E-state index contributed by atoms with van der Waals surface area (Å²) in [6, 6.07) is 18.1. The van der Waals surface area contributed by atoms with Crippen molar-refractivity contribution >= 4 is 55.0 Å². The molecule has 1 fully saturated rings. The van der Waals surface area contributed by atoms with Gasteiger partial charge in [-0.2, -0.15) is 0 Å². The van der Waals surface area contributed by atoms with E-state index in [9.17, 15) is 9.59 Å². The first-order chi connectivity index (χ1) is 10.0. The van der Waals surface area contributed by atoms with Crippen molar-refractivity contribution in [2.45, 2.75) is 3.23 Å². The molecule has 0 unspecified atom stereocenters. The van der Waals surface area contributed by atoms with Gasteiger partial charge in [0.15, 0.2) is 0 Å². The normalized spacial score (nSPS) is 17.4. The highest BCUT2D eigenvalue weighted by Crippen LogP contribution is 2.41. The number of nitrogens with zero attached hydrogens (tertiary/aromatic N) is 2. The Morgan fingerprint density at radius 3 is 1.33 bits per heavy atom. The van der Waals surface area contributed by atoms with Crippen LogP contribution >= 0.6 is 31.9 Å². The maximum atomic E-state index is 12.6. The van der Waals surface area contributed by atoms with Crippen LogP contribution in [0.2, 0.25) is 0 Å². The van der Waals surface area contributed by atoms with E-state index in [1.54, 1.807) is 24.3 Å². The van der Waals surface area contributed by atoms with E-state index in [1.165, 1.54) is 10.0 Å². The highest BCUT2D eigenvalue weighted by Gasteiger charge is 2.56. The van der Waals surface area contributed by atoms with Crippen LogP contribution in [0, 0.1) is 0 Å². The molecule has 1 saturated heterocycles. The Kier molecular flexibility index (Phi) is 3.59. The number of halogens is 2. The maximum absolute atomic E-state index is 12.6. The van der Waals surface area contributed by atoms with E-state index in [0.717, 1.165) is 0 Å². The number of rotatable bonds is 2. The van der Waals surface area contributed by atoms with Crippen LogP contribution in [0.4, 0.5) is 11.4 Å². The van der Waals surface area contributed by atoms with E-state index in [-0.39, 0.29) is 11.8 Å². The van der Waals surface area contributed by atoms with Gasteiger partial charge < -0.3 is 0 Å². The molecule has 1 heterocycles. The van der Waals surface area contributed by atoms with Gasteiger partial charge in [0, 0.05) is 0 Å². The van der Waals surface area contributed by atoms with Crippen LogP contribution in [0.3, 0.4) is 0 Å². The lowest BCUT2D eigenvalue weighted by Gasteiger charge is -2.27. The van der Waals surface area contributed by atoms with Gasteiger partial charge in [-0.05, 0) is 24.3 Å². The molecule has 2 aromatic rings. The Morgan fingerprint density at radius 1 is 0.667 bits per heavy atom. The van der Waals surface area contributed by atoms with Gasteiger partial charge in [-0.1, -0.05) is 68.3 Å². The number of hydrazine groups is 1. The molecule has 3 rings (SSSR count). The minimum absolute atomic E-state index is 0.387. The van der Waals surface area contributed by atoms with Gasteiger partial charge in [0.05, 0.1) is 11.4 Å². The first-order valence-electron chi connectivity index (χ1n) is 6.20. The van der Waals surface area contributed by atoms with Crippen LogP contribution in [-0.2, 0) is 9.59 Å². The van der Waals surface area contributed by atoms with Crippen molar-refractivity contribution < 1.29 is 9.59 Å². The summed E-state index contributed by atoms with van der Waals surface area (Å²) in [7, 11) is 0. The summed E-state index contributed by atoms with van der Waals surface area (Å²) in [4.78, 5) is 25.2. The second-order valence-corrected chi connectivity index (χ2v) is 7.92. The molecule has 0 N–H and O–H groups in total. The predicted molar refractivity (Wildman–Crippen MR) is 88.4 cm³/mol. The van der Waals surface area contributed by atoms with Crippen molar-refractivity contribution in [3.63, 3.8) is 0 Å². The summed E-state index contributed by atoms with van der Waals surface area (Å²) in [5.74, 6) is -0.773. The van der Waals surface area contributed by atoms with E-state index >= 15 is 0 Å². The van der Waals surface area contributed by atoms with Crippen molar-refractivity contribution in [2.24, 2.45) is 0 Å². The Morgan fingerprint density at radius 2 is 1.00 bits per heavy atom. The molecule has 0 bridgehead atoms. The number of anilines is 2. The fourth-order valence-corrected chi connectivity index (χ4v) is 2.81. The summed E-state index contributed by atoms with van der Waals surface area (Å²) in [6.07, 6.45) is 0. The van der Waals surface area contributed by atoms with Crippen molar-refractivity contribution in [1.82, 2.24) is 0 Å². The van der Waals surface area contributed by atoms with Gasteiger partial charge in [-0.25, -0.2) is 10.0 Å². The minimum atomic E-state index is -1.44. The van der Waals surface area contributed by atoms with Gasteiger partial charge >= 0.3 is 0 Å². The van der Waals surface area contributed by atoms with Crippen LogP contribution < -0.4 is 10.0 Å². The van der Waals surface area contributed by atoms with Gasteiger partial charge in [0.25, 0.3) is 11.8 Å². The molecule has 0 saturated carbocycles. The number of alkyl halides is 2. The zero-order valence-corrected chi connectivity index (χ0v) is 13.9. The lowest BCUT2D eigenvalue weighted by molar-refractivity contribution is -0.121. The topological polar surface area (TPSA) is 40.6 Å². The third-order valence-electron chi connectivity index (χ3n) is 3.12. The van der Waals surface area contributed by atoms with Crippen LogP contribution in [0.1, 0.15) is 0 Å². The molecule has 0 atom stereocenters. The Balaban J connectivity index is 2.15. The average Bonchev–Trinajstić information content (AvgIpc) is 2.69. The Bertz CT molecular complexity index is 630. The van der Waals surface area contributed by atoms with E-state index in [2.05, 4.69) is 31.9 Å². The molecule has 106 valence electrons. The van der Waals surface area contributed by atoms with Crippen LogP contribution in [-0.4, -0.2) is 15.0 Å². The average molecular weight is 410 g/mol. The van der Waals surface area contributed by atoms with Crippen LogP contribution in [0.5, 0.6) is 0 Å². The highest BCUT2D eigenvalue weighted by atomic mass is 79.9. The van der Waals surface area contributed by atoms with Crippen molar-refractivity contribution in [1.29, 1.82) is 0 Å². The second-order valence-electron chi connectivity index (χ2n) is 4.48. The van der Waals surface area contributed by atoms with Gasteiger partial charge in [0.2, 0.25) is 3.23 Å². The molecule has 0 aromatic heterocycles. The summed E-state index contributed by atoms with van der Waals surface area (Å²) in [5, 5.41) is 2.72. The molecule has 1 aliphatic heterocycles. The number of hydrogen-bond acceptors (Lipinski definition) is 2. The zero-order chi connectivity index (χ0) is 15.0. The first kappa shape index (κ1) is 14.3. The molecule has 2 amide bonds. The van der Waals surface area contributed by atoms with Crippen molar-refractivity contribution in [2.75, 3.05) is 10.0 Å². The molecule has 0 radical (unpaired) electrons. The van der Waals surface area contributed by atoms with Crippen LogP contribution in [0.25, 0.3) is 0 Å². The van der Waals surface area contributed by atoms with E-state index in [0.29, 0.717) is 11.4 Å². The van der Waals surface area contributed by atoms with Gasteiger partial charge in [0.1, 0.15) is 0 Å². The molecule has 0 aliphatic carbocycles. The second kappa shape index (κ2) is 5.27. The molecule has 4 nitrogen and oxygen atoms in total. The number of hydrogen-bond donors (Lipinski definition) is 0. The number of carbonyl (C=O) groups is 2. The lowest BCUT2D eigenvalue weighted by atomic mass is 10.3. The number of para-hydroxylation sites is 2. The number of carbonyl (C=O) groups excluding carboxylic acids is 2. The fraction of sp³-hybridized carbons (Fsp3) is 0.0667. The van der Waals surface area contributed by atoms with E-state index in [4.69, 9.17) is 0 Å².